The fourth-order valence-electron chi connectivity index (χ4n) is 4.26. The van der Waals surface area contributed by atoms with E-state index in [1.165, 1.54) is 122 Å². The molecule has 0 radical (unpaired) electrons. The highest BCUT2D eigenvalue weighted by Gasteiger charge is 2.06. The van der Waals surface area contributed by atoms with Crippen molar-refractivity contribution in [2.75, 3.05) is 5.32 Å². The summed E-state index contributed by atoms with van der Waals surface area (Å²) in [6.45, 7) is 37.4. The van der Waals surface area contributed by atoms with Crippen molar-refractivity contribution >= 4 is 11.3 Å². The van der Waals surface area contributed by atoms with Crippen molar-refractivity contribution in [2.45, 2.75) is 153 Å². The summed E-state index contributed by atoms with van der Waals surface area (Å²) in [5.74, 6) is 0. The second-order valence-electron chi connectivity index (χ2n) is 12.9. The number of hydrogen-bond donors (Lipinski definition) is 1. The van der Waals surface area contributed by atoms with E-state index in [1.807, 2.05) is 20.8 Å². The minimum Gasteiger partial charge on any atom is -0.356 e. The van der Waals surface area contributed by atoms with Gasteiger partial charge in [0.05, 0.1) is 0 Å². The number of nitrogens with one attached hydrogen (secondary N) is 1. The second kappa shape index (κ2) is 29.3. The third kappa shape index (κ3) is 24.2. The molecule has 0 spiro atoms. The Labute approximate surface area is 288 Å². The molecular formula is C45H73N. The first-order valence-corrected chi connectivity index (χ1v) is 18.1. The van der Waals surface area contributed by atoms with Crippen molar-refractivity contribution in [1.29, 1.82) is 0 Å². The van der Waals surface area contributed by atoms with Crippen LogP contribution in [-0.2, 0) is 6.42 Å². The van der Waals surface area contributed by atoms with Gasteiger partial charge in [-0.2, -0.15) is 0 Å². The van der Waals surface area contributed by atoms with Gasteiger partial charge < -0.3 is 5.32 Å². The summed E-state index contributed by atoms with van der Waals surface area (Å²) < 4.78 is 0. The van der Waals surface area contributed by atoms with Crippen LogP contribution in [0.3, 0.4) is 0 Å². The van der Waals surface area contributed by atoms with Crippen LogP contribution in [0, 0.1) is 13.8 Å². The third-order valence-electron chi connectivity index (χ3n) is 7.79. The Kier molecular flexibility index (Phi) is 28.8. The van der Waals surface area contributed by atoms with E-state index in [-0.39, 0.29) is 0 Å². The first-order chi connectivity index (χ1) is 21.9. The van der Waals surface area contributed by atoms with Gasteiger partial charge in [0.25, 0.3) is 0 Å². The van der Waals surface area contributed by atoms with E-state index in [9.17, 15) is 0 Å². The number of anilines is 1. The van der Waals surface area contributed by atoms with E-state index in [4.69, 9.17) is 0 Å². The van der Waals surface area contributed by atoms with Crippen LogP contribution in [0.1, 0.15) is 155 Å². The van der Waals surface area contributed by atoms with Gasteiger partial charge in [-0.1, -0.05) is 133 Å². The minimum absolute atomic E-state index is 0.951. The van der Waals surface area contributed by atoms with Crippen molar-refractivity contribution in [3.8, 4) is 0 Å². The van der Waals surface area contributed by atoms with Gasteiger partial charge in [0.1, 0.15) is 0 Å². The van der Waals surface area contributed by atoms with E-state index in [0.29, 0.717) is 0 Å². The Balaban J connectivity index is 0. The van der Waals surface area contributed by atoms with Crippen molar-refractivity contribution in [3.63, 3.8) is 0 Å². The van der Waals surface area contributed by atoms with Gasteiger partial charge in [0.2, 0.25) is 0 Å². The minimum atomic E-state index is 0.951. The molecule has 0 atom stereocenters. The Hall–Kier alpha value is -3.06. The van der Waals surface area contributed by atoms with Gasteiger partial charge in [-0.05, 0) is 132 Å². The van der Waals surface area contributed by atoms with Crippen LogP contribution in [0.2, 0.25) is 0 Å². The topological polar surface area (TPSA) is 12.0 Å². The number of benzene rings is 2. The van der Waals surface area contributed by atoms with Crippen LogP contribution in [0.25, 0.3) is 5.57 Å². The molecule has 1 nitrogen and oxygen atoms in total. The molecule has 2 rings (SSSR count). The smallest absolute Gasteiger partial charge is 0.0419 e. The lowest BCUT2D eigenvalue weighted by Gasteiger charge is -2.15. The Morgan fingerprint density at radius 1 is 0.674 bits per heavy atom. The van der Waals surface area contributed by atoms with Gasteiger partial charge >= 0.3 is 0 Å². The number of aryl methyl sites for hydroxylation is 3. The molecule has 46 heavy (non-hydrogen) atoms. The molecule has 0 heterocycles. The van der Waals surface area contributed by atoms with Crippen LogP contribution >= 0.6 is 0 Å². The fourth-order valence-corrected chi connectivity index (χ4v) is 4.26. The summed E-state index contributed by atoms with van der Waals surface area (Å²) in [5, 5.41) is 3.45. The lowest BCUT2D eigenvalue weighted by molar-refractivity contribution is 0.664. The van der Waals surface area contributed by atoms with Crippen LogP contribution < -0.4 is 5.32 Å². The van der Waals surface area contributed by atoms with Crippen LogP contribution in [0.4, 0.5) is 5.69 Å². The molecule has 0 aliphatic heterocycles. The average Bonchev–Trinajstić information content (AvgIpc) is 3.03. The quantitative estimate of drug-likeness (QED) is 0.104. The molecule has 0 bridgehead atoms. The van der Waals surface area contributed by atoms with Crippen LogP contribution in [0.15, 0.2) is 97.3 Å². The van der Waals surface area contributed by atoms with Gasteiger partial charge in [0, 0.05) is 11.4 Å². The zero-order chi connectivity index (χ0) is 35.3. The number of unbranched alkanes of at least 4 members (excludes halogenated alkanes) is 5. The molecule has 0 aliphatic carbocycles. The largest absolute Gasteiger partial charge is 0.356 e. The molecule has 1 N–H and O–H groups in total. The van der Waals surface area contributed by atoms with Gasteiger partial charge in [-0.25, -0.2) is 0 Å². The fraction of sp³-hybridized carbons (Fsp3) is 0.511. The Morgan fingerprint density at radius 2 is 1.24 bits per heavy atom. The average molecular weight is 628 g/mol. The maximum atomic E-state index is 4.32. The highest BCUT2D eigenvalue weighted by Crippen LogP contribution is 2.27. The molecule has 0 fully saturated rings. The highest BCUT2D eigenvalue weighted by molar-refractivity contribution is 5.70. The van der Waals surface area contributed by atoms with Crippen LogP contribution in [-0.4, -0.2) is 0 Å². The van der Waals surface area contributed by atoms with Crippen LogP contribution in [0.5, 0.6) is 0 Å². The lowest BCUT2D eigenvalue weighted by Crippen LogP contribution is -2.01. The third-order valence-corrected chi connectivity index (χ3v) is 7.79. The maximum absolute atomic E-state index is 4.32. The molecule has 0 saturated heterocycles. The molecule has 0 saturated carbocycles. The Bertz CT molecular complexity index is 1150. The van der Waals surface area contributed by atoms with E-state index in [2.05, 4.69) is 129 Å². The number of allylic oxidation sites excluding steroid dienone is 5. The second-order valence-corrected chi connectivity index (χ2v) is 12.9. The predicted molar refractivity (Wildman–Crippen MR) is 215 cm³/mol. The lowest BCUT2D eigenvalue weighted by atomic mass is 9.97. The zero-order valence-corrected chi connectivity index (χ0v) is 32.1. The molecule has 2 aromatic carbocycles. The van der Waals surface area contributed by atoms with Gasteiger partial charge in [-0.3, -0.25) is 0 Å². The van der Waals surface area contributed by atoms with E-state index in [1.54, 1.807) is 0 Å². The first-order valence-electron chi connectivity index (χ1n) is 18.1. The molecule has 1 heteroatoms. The molecule has 0 amide bonds. The summed E-state index contributed by atoms with van der Waals surface area (Å²) in [7, 11) is 0. The molecular weight excluding hydrogens is 555 g/mol. The summed E-state index contributed by atoms with van der Waals surface area (Å²) in [6, 6.07) is 15.2. The SMILES string of the molecule is C=C(C)C.C=C(CCCC)CCCCCC(=C)c1ccc(C)c(NC(=C)/C(C)=C/C)c1.CCCC.CCCCc1ccccc1C. The van der Waals surface area contributed by atoms with E-state index >= 15 is 0 Å². The zero-order valence-electron chi connectivity index (χ0n) is 32.1. The van der Waals surface area contributed by atoms with E-state index in [0.717, 1.165) is 17.8 Å². The Morgan fingerprint density at radius 3 is 1.78 bits per heavy atom. The van der Waals surface area contributed by atoms with Crippen molar-refractivity contribution in [3.05, 3.63) is 120 Å². The predicted octanol–water partition coefficient (Wildman–Crippen LogP) is 15.3. The molecule has 2 aromatic rings. The summed E-state index contributed by atoms with van der Waals surface area (Å²) in [4.78, 5) is 0. The van der Waals surface area contributed by atoms with E-state index < -0.39 is 0 Å². The van der Waals surface area contributed by atoms with Crippen molar-refractivity contribution in [1.82, 2.24) is 0 Å². The summed E-state index contributed by atoms with van der Waals surface area (Å²) in [5.41, 5.74) is 12.4. The molecule has 0 unspecified atom stereocenters. The van der Waals surface area contributed by atoms with Crippen molar-refractivity contribution in [2.24, 2.45) is 0 Å². The summed E-state index contributed by atoms with van der Waals surface area (Å²) in [6.07, 6.45) is 18.2. The maximum Gasteiger partial charge on any atom is 0.0419 e. The monoisotopic (exact) mass is 628 g/mol. The van der Waals surface area contributed by atoms with Gasteiger partial charge in [-0.15, -0.1) is 6.58 Å². The van der Waals surface area contributed by atoms with Crippen molar-refractivity contribution < 1.29 is 0 Å². The number of hydrogen-bond acceptors (Lipinski definition) is 1. The highest BCUT2D eigenvalue weighted by atomic mass is 14.9. The van der Waals surface area contributed by atoms with Gasteiger partial charge in [0.15, 0.2) is 0 Å². The molecule has 0 aromatic heterocycles. The summed E-state index contributed by atoms with van der Waals surface area (Å²) >= 11 is 0. The normalized spacial score (nSPS) is 10.3. The molecule has 258 valence electrons. The number of rotatable bonds is 17. The first kappa shape index (κ1) is 45.1. The standard InChI is InChI=1S/C26H39N.C11H16.C4H8.C4H10/c1-8-10-14-20(3)15-12-11-13-16-22(5)25-18-17-23(6)26(19-25)27-24(7)21(4)9-2;1-3-4-8-11-9-6-5-7-10(11)2;1-4(2)3;1-3-4-2/h9,17-19,27H,3,5,7-8,10-16H2,1-2,4,6H3;5-7,9H,3-4,8H2,1-2H3;1H2,2-3H3;3-4H2,1-2H3/b21-9+;;;. The molecule has 0 aliphatic rings.